The molecule has 2 aliphatic carbocycles. The van der Waals surface area contributed by atoms with Gasteiger partial charge in [0.1, 0.15) is 22.9 Å². The molecule has 178 valence electrons. The third-order valence-corrected chi connectivity index (χ3v) is 7.31. The molecular formula is C22H23ClF3N3O4. The molecule has 2 unspecified atom stereocenters. The number of carbonyl (C=O) groups excluding carboxylic acids is 1. The molecule has 2 aliphatic rings. The van der Waals surface area contributed by atoms with Crippen molar-refractivity contribution >= 4 is 29.2 Å². The monoisotopic (exact) mass is 485 g/mol. The number of aliphatic carboxylic acids is 1. The average molecular weight is 486 g/mol. The fourth-order valence-corrected chi connectivity index (χ4v) is 5.48. The van der Waals surface area contributed by atoms with Crippen LogP contribution in [0.2, 0.25) is 5.02 Å². The minimum absolute atomic E-state index is 0.136. The summed E-state index contributed by atoms with van der Waals surface area (Å²) in [5.74, 6) is -7.88. The van der Waals surface area contributed by atoms with Gasteiger partial charge in [-0.25, -0.2) is 14.2 Å². The average Bonchev–Trinajstić information content (AvgIpc) is 3.34. The molecule has 7 nitrogen and oxygen atoms in total. The molecule has 1 aromatic carbocycles. The van der Waals surface area contributed by atoms with Gasteiger partial charge in [0.15, 0.2) is 0 Å². The number of nitrogens with one attached hydrogen (secondary N) is 1. The Hall–Kier alpha value is -2.59. The lowest BCUT2D eigenvalue weighted by atomic mass is 9.88. The molecule has 0 saturated heterocycles. The number of carboxylic acids is 1. The standard InChI is InChI=1S/C22H23ClF3N3O4/c1-10-27-17(18(29(10)2)19(30)28-14-3-4-16(24)15(23)7-14)11-5-12-8-21(33,9-13(12)6-11)22(25,26)20(31)32/h3-4,7,11-13,33H,5-6,8-9H2,1-2H3,(H,28,30)(H,31,32). The van der Waals surface area contributed by atoms with Crippen molar-refractivity contribution in [1.29, 1.82) is 0 Å². The fourth-order valence-electron chi connectivity index (χ4n) is 5.29. The molecule has 0 radical (unpaired) electrons. The highest BCUT2D eigenvalue weighted by molar-refractivity contribution is 6.31. The molecule has 3 N–H and O–H groups in total. The number of carboxylic acid groups (broad SMARTS) is 1. The van der Waals surface area contributed by atoms with Crippen LogP contribution < -0.4 is 5.32 Å². The second-order valence-corrected chi connectivity index (χ2v) is 9.45. The van der Waals surface area contributed by atoms with E-state index < -0.39 is 29.2 Å². The van der Waals surface area contributed by atoms with Crippen LogP contribution in [0.1, 0.15) is 53.6 Å². The first-order valence-electron chi connectivity index (χ1n) is 10.5. The first-order valence-corrected chi connectivity index (χ1v) is 10.8. The van der Waals surface area contributed by atoms with Gasteiger partial charge >= 0.3 is 11.9 Å². The summed E-state index contributed by atoms with van der Waals surface area (Å²) in [6.07, 6.45) is 0.160. The molecule has 1 aromatic heterocycles. The maximum atomic E-state index is 14.1. The molecule has 33 heavy (non-hydrogen) atoms. The lowest BCUT2D eigenvalue weighted by Crippen LogP contribution is -2.52. The van der Waals surface area contributed by atoms with Gasteiger partial charge in [0.25, 0.3) is 5.91 Å². The van der Waals surface area contributed by atoms with Crippen LogP contribution in [0.3, 0.4) is 0 Å². The normalized spacial score (nSPS) is 26.9. The van der Waals surface area contributed by atoms with Crippen molar-refractivity contribution in [2.24, 2.45) is 18.9 Å². The van der Waals surface area contributed by atoms with Crippen LogP contribution in [0.4, 0.5) is 18.9 Å². The largest absolute Gasteiger partial charge is 0.477 e. The molecule has 0 aliphatic heterocycles. The van der Waals surface area contributed by atoms with Crippen molar-refractivity contribution in [3.8, 4) is 0 Å². The first kappa shape index (κ1) is 23.6. The molecule has 11 heteroatoms. The molecule has 1 amide bonds. The topological polar surface area (TPSA) is 104 Å². The molecule has 2 fully saturated rings. The smallest absolute Gasteiger partial charge is 0.377 e. The van der Waals surface area contributed by atoms with Gasteiger partial charge in [-0.2, -0.15) is 8.78 Å². The fraction of sp³-hybridized carbons (Fsp3) is 0.500. The van der Waals surface area contributed by atoms with Crippen LogP contribution in [0.25, 0.3) is 0 Å². The Balaban J connectivity index is 1.55. The van der Waals surface area contributed by atoms with E-state index in [1.807, 2.05) is 0 Å². The predicted octanol–water partition coefficient (Wildman–Crippen LogP) is 4.13. The number of halogens is 4. The molecule has 1 heterocycles. The zero-order valence-corrected chi connectivity index (χ0v) is 18.7. The van der Waals surface area contributed by atoms with Gasteiger partial charge in [-0.3, -0.25) is 4.79 Å². The molecule has 0 bridgehead atoms. The minimum Gasteiger partial charge on any atom is -0.477 e. The van der Waals surface area contributed by atoms with Crippen molar-refractivity contribution in [1.82, 2.24) is 9.55 Å². The van der Waals surface area contributed by atoms with E-state index in [1.54, 1.807) is 18.5 Å². The van der Waals surface area contributed by atoms with Crippen LogP contribution >= 0.6 is 11.6 Å². The lowest BCUT2D eigenvalue weighted by molar-refractivity contribution is -0.208. The number of aromatic nitrogens is 2. The molecule has 4 rings (SSSR count). The van der Waals surface area contributed by atoms with Crippen molar-refractivity contribution in [3.05, 3.63) is 46.3 Å². The number of imidazole rings is 1. The lowest BCUT2D eigenvalue weighted by Gasteiger charge is -2.30. The number of rotatable bonds is 5. The molecule has 0 spiro atoms. The predicted molar refractivity (Wildman–Crippen MR) is 113 cm³/mol. The number of hydrogen-bond acceptors (Lipinski definition) is 4. The SMILES string of the molecule is Cc1nc(C2CC3CC(O)(C(F)(F)C(=O)O)CC3C2)c(C(=O)Nc2ccc(F)c(Cl)c2)n1C. The number of aliphatic hydroxyl groups is 1. The van der Waals surface area contributed by atoms with Gasteiger partial charge in [-0.15, -0.1) is 0 Å². The van der Waals surface area contributed by atoms with Crippen LogP contribution in [-0.2, 0) is 11.8 Å². The summed E-state index contributed by atoms with van der Waals surface area (Å²) >= 11 is 5.79. The molecule has 2 saturated carbocycles. The summed E-state index contributed by atoms with van der Waals surface area (Å²) in [4.78, 5) is 28.6. The highest BCUT2D eigenvalue weighted by Gasteiger charge is 2.65. The van der Waals surface area contributed by atoms with Crippen molar-refractivity contribution in [2.45, 2.75) is 50.0 Å². The highest BCUT2D eigenvalue weighted by atomic mass is 35.5. The number of anilines is 1. The van der Waals surface area contributed by atoms with Gasteiger partial charge in [0, 0.05) is 18.7 Å². The summed E-state index contributed by atoms with van der Waals surface area (Å²) in [6.45, 7) is 1.73. The molecule has 2 atom stereocenters. The Kier molecular flexibility index (Phi) is 5.73. The second-order valence-electron chi connectivity index (χ2n) is 9.04. The van der Waals surface area contributed by atoms with Gasteiger partial charge in [0.05, 0.1) is 10.7 Å². The van der Waals surface area contributed by atoms with Crippen LogP contribution in [0.15, 0.2) is 18.2 Å². The number of amides is 1. The van der Waals surface area contributed by atoms with E-state index in [1.165, 1.54) is 12.1 Å². The van der Waals surface area contributed by atoms with Crippen LogP contribution in [-0.4, -0.2) is 43.2 Å². The van der Waals surface area contributed by atoms with Crippen molar-refractivity contribution in [3.63, 3.8) is 0 Å². The Bertz CT molecular complexity index is 1120. The second kappa shape index (κ2) is 8.02. The third-order valence-electron chi connectivity index (χ3n) is 7.02. The number of benzene rings is 1. The number of carbonyl (C=O) groups is 2. The van der Waals surface area contributed by atoms with E-state index in [9.17, 15) is 27.9 Å². The van der Waals surface area contributed by atoms with Gasteiger partial charge in [0.2, 0.25) is 0 Å². The van der Waals surface area contributed by atoms with E-state index in [4.69, 9.17) is 16.7 Å². The Morgan fingerprint density at radius 1 is 1.27 bits per heavy atom. The molecule has 2 aromatic rings. The highest BCUT2D eigenvalue weighted by Crippen LogP contribution is 2.57. The Morgan fingerprint density at radius 2 is 1.88 bits per heavy atom. The zero-order chi connectivity index (χ0) is 24.3. The quantitative estimate of drug-likeness (QED) is 0.590. The van der Waals surface area contributed by atoms with Gasteiger partial charge < -0.3 is 20.1 Å². The minimum atomic E-state index is -4.23. The van der Waals surface area contributed by atoms with Crippen LogP contribution in [0, 0.1) is 24.6 Å². The van der Waals surface area contributed by atoms with E-state index in [-0.39, 0.29) is 35.6 Å². The number of aryl methyl sites for hydroxylation is 1. The van der Waals surface area contributed by atoms with E-state index >= 15 is 0 Å². The first-order chi connectivity index (χ1) is 15.3. The summed E-state index contributed by atoms with van der Waals surface area (Å²) in [5, 5.41) is 21.8. The summed E-state index contributed by atoms with van der Waals surface area (Å²) in [5.41, 5.74) is -1.46. The summed E-state index contributed by atoms with van der Waals surface area (Å²) in [7, 11) is 1.68. The van der Waals surface area contributed by atoms with Gasteiger partial charge in [-0.05, 0) is 62.6 Å². The third kappa shape index (κ3) is 3.89. The number of fused-ring (bicyclic) bond motifs is 1. The van der Waals surface area contributed by atoms with Crippen LogP contribution in [0.5, 0.6) is 0 Å². The summed E-state index contributed by atoms with van der Waals surface area (Å²) in [6, 6.07) is 3.81. The van der Waals surface area contributed by atoms with E-state index in [0.717, 1.165) is 6.07 Å². The number of alkyl halides is 2. The summed E-state index contributed by atoms with van der Waals surface area (Å²) < 4.78 is 43.2. The maximum Gasteiger partial charge on any atom is 0.377 e. The Labute approximate surface area is 192 Å². The number of nitrogens with zero attached hydrogens (tertiary/aromatic N) is 2. The van der Waals surface area contributed by atoms with E-state index in [0.29, 0.717) is 35.7 Å². The van der Waals surface area contributed by atoms with Crippen molar-refractivity contribution < 1.29 is 33.0 Å². The zero-order valence-electron chi connectivity index (χ0n) is 17.9. The molecular weight excluding hydrogens is 463 g/mol. The van der Waals surface area contributed by atoms with Gasteiger partial charge in [-0.1, -0.05) is 11.6 Å². The number of hydrogen-bond donors (Lipinski definition) is 3. The maximum absolute atomic E-state index is 14.1. The van der Waals surface area contributed by atoms with E-state index in [2.05, 4.69) is 10.3 Å². The van der Waals surface area contributed by atoms with Crippen molar-refractivity contribution in [2.75, 3.05) is 5.32 Å². The Morgan fingerprint density at radius 3 is 2.42 bits per heavy atom.